The summed E-state index contributed by atoms with van der Waals surface area (Å²) in [5.74, 6) is -1.22. The van der Waals surface area contributed by atoms with Crippen LogP contribution in [0.3, 0.4) is 0 Å². The largest absolute Gasteiger partial charge is 0.446 e. The summed E-state index contributed by atoms with van der Waals surface area (Å²) in [5, 5.41) is 7.62. The Hall–Kier alpha value is -4.52. The molecular formula is C24H20N4O3. The number of rotatable bonds is 8. The monoisotopic (exact) mass is 412 g/mol. The highest BCUT2D eigenvalue weighted by atomic mass is 16.4. The Morgan fingerprint density at radius 3 is 1.48 bits per heavy atom. The van der Waals surface area contributed by atoms with Crippen molar-refractivity contribution in [3.63, 3.8) is 0 Å². The van der Waals surface area contributed by atoms with Gasteiger partial charge in [0, 0.05) is 12.4 Å². The highest BCUT2D eigenvalue weighted by Crippen LogP contribution is 2.08. The zero-order valence-corrected chi connectivity index (χ0v) is 16.5. The van der Waals surface area contributed by atoms with Crippen LogP contribution in [0.4, 0.5) is 0 Å². The molecule has 0 radical (unpaired) electrons. The van der Waals surface area contributed by atoms with Crippen LogP contribution in [-0.4, -0.2) is 24.2 Å². The predicted octanol–water partition coefficient (Wildman–Crippen LogP) is 4.14. The molecule has 2 amide bonds. The summed E-state index contributed by atoms with van der Waals surface area (Å²) < 4.78 is 5.25. The number of amides is 2. The van der Waals surface area contributed by atoms with Gasteiger partial charge < -0.3 is 4.42 Å². The summed E-state index contributed by atoms with van der Waals surface area (Å²) in [6.45, 7) is 0. The zero-order chi connectivity index (χ0) is 21.7. The molecule has 1 heterocycles. The van der Waals surface area contributed by atoms with Crippen molar-refractivity contribution in [2.24, 2.45) is 10.2 Å². The van der Waals surface area contributed by atoms with Crippen LogP contribution < -0.4 is 10.9 Å². The van der Waals surface area contributed by atoms with E-state index < -0.39 is 11.8 Å². The van der Waals surface area contributed by atoms with Crippen molar-refractivity contribution in [3.8, 4) is 0 Å². The standard InChI is InChI=1S/C24H20N4O3/c29-23(27-25-17-7-13-19-9-3-1-4-10-19)21-15-16-22(31-21)24(30)28-26-18-8-14-20-11-5-2-6-12-20/h1-18H,(H,27,29)(H,28,30). The van der Waals surface area contributed by atoms with Crippen LogP contribution in [0, 0.1) is 0 Å². The third kappa shape index (κ3) is 7.10. The summed E-state index contributed by atoms with van der Waals surface area (Å²) in [5.41, 5.74) is 6.68. The van der Waals surface area contributed by atoms with Gasteiger partial charge in [0.25, 0.3) is 0 Å². The second kappa shape index (κ2) is 11.5. The lowest BCUT2D eigenvalue weighted by molar-refractivity contribution is 0.0902. The molecule has 2 N–H and O–H groups in total. The smallest absolute Gasteiger partial charge is 0.307 e. The Morgan fingerprint density at radius 1 is 0.645 bits per heavy atom. The number of hydrazone groups is 2. The SMILES string of the molecule is O=C(NN=CC=Cc1ccccc1)c1ccc(C(=O)NN=CC=Cc2ccccc2)o1. The highest BCUT2D eigenvalue weighted by Gasteiger charge is 2.14. The summed E-state index contributed by atoms with van der Waals surface area (Å²) in [4.78, 5) is 24.1. The van der Waals surface area contributed by atoms with E-state index in [2.05, 4.69) is 21.1 Å². The van der Waals surface area contributed by atoms with Crippen molar-refractivity contribution in [3.05, 3.63) is 108 Å². The minimum absolute atomic E-state index is 0.0395. The van der Waals surface area contributed by atoms with E-state index in [4.69, 9.17) is 4.42 Å². The number of benzene rings is 2. The first-order valence-corrected chi connectivity index (χ1v) is 9.42. The van der Waals surface area contributed by atoms with Gasteiger partial charge in [-0.05, 0) is 35.4 Å². The topological polar surface area (TPSA) is 96.1 Å². The molecule has 154 valence electrons. The predicted molar refractivity (Wildman–Crippen MR) is 122 cm³/mol. The molecule has 1 aromatic heterocycles. The number of nitrogens with one attached hydrogen (secondary N) is 2. The lowest BCUT2D eigenvalue weighted by atomic mass is 10.2. The molecule has 2 aromatic carbocycles. The Balaban J connectivity index is 1.45. The quantitative estimate of drug-likeness (QED) is 0.430. The van der Waals surface area contributed by atoms with Crippen molar-refractivity contribution in [1.82, 2.24) is 10.9 Å². The maximum absolute atomic E-state index is 12.0. The van der Waals surface area contributed by atoms with Gasteiger partial charge in [0.15, 0.2) is 11.5 Å². The normalized spacial score (nSPS) is 11.6. The van der Waals surface area contributed by atoms with Crippen LogP contribution in [0.2, 0.25) is 0 Å². The third-order valence-electron chi connectivity index (χ3n) is 3.88. The number of carbonyl (C=O) groups excluding carboxylic acids is 2. The molecule has 0 bridgehead atoms. The van der Waals surface area contributed by atoms with Gasteiger partial charge in [0.1, 0.15) is 0 Å². The molecule has 7 nitrogen and oxygen atoms in total. The number of carbonyl (C=O) groups is 2. The average molecular weight is 412 g/mol. The van der Waals surface area contributed by atoms with E-state index in [1.807, 2.05) is 72.8 Å². The molecule has 0 unspecified atom stereocenters. The number of hydrogen-bond acceptors (Lipinski definition) is 5. The van der Waals surface area contributed by atoms with Gasteiger partial charge in [0.2, 0.25) is 0 Å². The van der Waals surface area contributed by atoms with Crippen molar-refractivity contribution in [1.29, 1.82) is 0 Å². The first-order valence-electron chi connectivity index (χ1n) is 9.42. The fraction of sp³-hybridized carbons (Fsp3) is 0. The molecule has 3 rings (SSSR count). The molecule has 0 spiro atoms. The Kier molecular flexibility index (Phi) is 7.84. The van der Waals surface area contributed by atoms with Crippen LogP contribution in [-0.2, 0) is 0 Å². The molecule has 0 aliphatic rings. The molecule has 3 aromatic rings. The van der Waals surface area contributed by atoms with Crippen LogP contribution >= 0.6 is 0 Å². The van der Waals surface area contributed by atoms with Crippen LogP contribution in [0.5, 0.6) is 0 Å². The minimum atomic E-state index is -0.572. The summed E-state index contributed by atoms with van der Waals surface area (Å²) >= 11 is 0. The van der Waals surface area contributed by atoms with Gasteiger partial charge in [0.05, 0.1) is 0 Å². The third-order valence-corrected chi connectivity index (χ3v) is 3.88. The van der Waals surface area contributed by atoms with E-state index in [-0.39, 0.29) is 11.5 Å². The minimum Gasteiger partial charge on any atom is -0.446 e. The second-order valence-electron chi connectivity index (χ2n) is 6.14. The van der Waals surface area contributed by atoms with Gasteiger partial charge in [-0.3, -0.25) is 9.59 Å². The summed E-state index contributed by atoms with van der Waals surface area (Å²) in [6, 6.07) is 22.1. The van der Waals surface area contributed by atoms with Crippen molar-refractivity contribution in [2.45, 2.75) is 0 Å². The maximum Gasteiger partial charge on any atom is 0.307 e. The average Bonchev–Trinajstić information content (AvgIpc) is 3.30. The number of furan rings is 1. The van der Waals surface area contributed by atoms with Crippen molar-refractivity contribution in [2.75, 3.05) is 0 Å². The fourth-order valence-electron chi connectivity index (χ4n) is 2.41. The van der Waals surface area contributed by atoms with Crippen LogP contribution in [0.25, 0.3) is 12.2 Å². The van der Waals surface area contributed by atoms with E-state index in [1.165, 1.54) is 24.6 Å². The van der Waals surface area contributed by atoms with Gasteiger partial charge in [-0.25, -0.2) is 10.9 Å². The van der Waals surface area contributed by atoms with E-state index in [1.54, 1.807) is 12.2 Å². The van der Waals surface area contributed by atoms with E-state index >= 15 is 0 Å². The molecule has 0 saturated heterocycles. The van der Waals surface area contributed by atoms with Crippen LogP contribution in [0.1, 0.15) is 32.2 Å². The number of allylic oxidation sites excluding steroid dienone is 2. The zero-order valence-electron chi connectivity index (χ0n) is 16.5. The molecule has 0 atom stereocenters. The number of hydrogen-bond donors (Lipinski definition) is 2. The van der Waals surface area contributed by atoms with Gasteiger partial charge >= 0.3 is 11.8 Å². The first kappa shape index (κ1) is 21.2. The Morgan fingerprint density at radius 2 is 1.06 bits per heavy atom. The second-order valence-corrected chi connectivity index (χ2v) is 6.14. The maximum atomic E-state index is 12.0. The molecule has 31 heavy (non-hydrogen) atoms. The van der Waals surface area contributed by atoms with E-state index in [0.717, 1.165) is 11.1 Å². The first-order chi connectivity index (χ1) is 15.2. The van der Waals surface area contributed by atoms with Crippen LogP contribution in [0.15, 0.2) is 99.6 Å². The van der Waals surface area contributed by atoms with Gasteiger partial charge in [-0.15, -0.1) is 0 Å². The van der Waals surface area contributed by atoms with E-state index in [9.17, 15) is 9.59 Å². The number of nitrogens with zero attached hydrogens (tertiary/aromatic N) is 2. The summed E-state index contributed by atoms with van der Waals surface area (Å²) in [7, 11) is 0. The molecule has 0 aliphatic carbocycles. The molecule has 0 aliphatic heterocycles. The molecule has 0 saturated carbocycles. The van der Waals surface area contributed by atoms with Gasteiger partial charge in [-0.2, -0.15) is 10.2 Å². The highest BCUT2D eigenvalue weighted by molar-refractivity contribution is 5.96. The lowest BCUT2D eigenvalue weighted by Crippen LogP contribution is -2.18. The van der Waals surface area contributed by atoms with Crippen molar-refractivity contribution >= 4 is 36.4 Å². The summed E-state index contributed by atoms with van der Waals surface area (Å²) in [6.07, 6.45) is 9.97. The molecular weight excluding hydrogens is 392 g/mol. The Bertz CT molecular complexity index is 1030. The van der Waals surface area contributed by atoms with Crippen molar-refractivity contribution < 1.29 is 14.0 Å². The van der Waals surface area contributed by atoms with Gasteiger partial charge in [-0.1, -0.05) is 72.8 Å². The fourth-order valence-corrected chi connectivity index (χ4v) is 2.41. The Labute approximate surface area is 179 Å². The molecule has 0 fully saturated rings. The molecule has 7 heteroatoms. The van der Waals surface area contributed by atoms with E-state index in [0.29, 0.717) is 0 Å². The lowest BCUT2D eigenvalue weighted by Gasteiger charge is -1.96.